The van der Waals surface area contributed by atoms with E-state index in [4.69, 9.17) is 9.47 Å². The van der Waals surface area contributed by atoms with Gasteiger partial charge in [0.2, 0.25) is 0 Å². The number of esters is 1. The van der Waals surface area contributed by atoms with Gasteiger partial charge in [0.05, 0.1) is 6.61 Å². The van der Waals surface area contributed by atoms with Gasteiger partial charge in [0.25, 0.3) is 5.91 Å². The van der Waals surface area contributed by atoms with E-state index in [0.717, 1.165) is 5.69 Å². The highest BCUT2D eigenvalue weighted by atomic mass is 16.6. The molecule has 0 aliphatic heterocycles. The molecule has 5 nitrogen and oxygen atoms in total. The normalized spacial score (nSPS) is 13.1. The molecule has 0 N–H and O–H groups in total. The van der Waals surface area contributed by atoms with E-state index >= 15 is 0 Å². The molecule has 0 radical (unpaired) electrons. The molecule has 1 aromatic rings. The Balaban J connectivity index is 2.58. The number of hydrogen-bond donors (Lipinski definition) is 0. The molecule has 0 aliphatic rings. The van der Waals surface area contributed by atoms with E-state index in [9.17, 15) is 9.59 Å². The number of rotatable bonds is 7. The maximum absolute atomic E-state index is 12.2. The van der Waals surface area contributed by atoms with Crippen molar-refractivity contribution >= 4 is 17.6 Å². The summed E-state index contributed by atoms with van der Waals surface area (Å²) in [6, 6.07) is 9.15. The van der Waals surface area contributed by atoms with Crippen molar-refractivity contribution in [3.63, 3.8) is 0 Å². The maximum Gasteiger partial charge on any atom is 0.335 e. The third-order valence-corrected chi connectivity index (χ3v) is 2.91. The largest absolute Gasteiger partial charge is 0.451 e. The fraction of sp³-hybridized carbons (Fsp3) is 0.375. The number of benzene rings is 1. The molecule has 1 rings (SSSR count). The number of hydrogen-bond acceptors (Lipinski definition) is 4. The number of anilines is 1. The zero-order valence-electron chi connectivity index (χ0n) is 12.6. The van der Waals surface area contributed by atoms with Crippen LogP contribution in [0.5, 0.6) is 0 Å². The first-order valence-corrected chi connectivity index (χ1v) is 6.73. The van der Waals surface area contributed by atoms with Gasteiger partial charge in [-0.05, 0) is 26.0 Å². The fourth-order valence-corrected chi connectivity index (χ4v) is 1.65. The SMILES string of the molecule is C=CCOC(C)C(=O)OC(C)C(=O)N(C)c1ccccc1. The van der Waals surface area contributed by atoms with Crippen molar-refractivity contribution in [3.8, 4) is 0 Å². The summed E-state index contributed by atoms with van der Waals surface area (Å²) in [5, 5.41) is 0. The van der Waals surface area contributed by atoms with Crippen LogP contribution in [0.2, 0.25) is 0 Å². The second kappa shape index (κ2) is 8.21. The Hall–Kier alpha value is -2.14. The number of carbonyl (C=O) groups excluding carboxylic acids is 2. The molecule has 0 saturated heterocycles. The van der Waals surface area contributed by atoms with Gasteiger partial charge in [0.15, 0.2) is 12.2 Å². The summed E-state index contributed by atoms with van der Waals surface area (Å²) in [4.78, 5) is 25.4. The van der Waals surface area contributed by atoms with E-state index in [-0.39, 0.29) is 12.5 Å². The van der Waals surface area contributed by atoms with E-state index in [1.807, 2.05) is 30.3 Å². The lowest BCUT2D eigenvalue weighted by Crippen LogP contribution is -2.39. The molecule has 114 valence electrons. The van der Waals surface area contributed by atoms with Gasteiger partial charge >= 0.3 is 5.97 Å². The van der Waals surface area contributed by atoms with Crippen molar-refractivity contribution in [2.75, 3.05) is 18.6 Å². The Morgan fingerprint density at radius 3 is 2.43 bits per heavy atom. The van der Waals surface area contributed by atoms with Crippen LogP contribution in [0, 0.1) is 0 Å². The lowest BCUT2D eigenvalue weighted by atomic mass is 10.2. The van der Waals surface area contributed by atoms with Crippen LogP contribution in [-0.4, -0.2) is 37.7 Å². The van der Waals surface area contributed by atoms with Gasteiger partial charge in [-0.25, -0.2) is 4.79 Å². The zero-order chi connectivity index (χ0) is 15.8. The maximum atomic E-state index is 12.2. The Kier molecular flexibility index (Phi) is 6.62. The average Bonchev–Trinajstić information content (AvgIpc) is 2.51. The summed E-state index contributed by atoms with van der Waals surface area (Å²) in [5.74, 6) is -0.871. The van der Waals surface area contributed by atoms with Crippen molar-refractivity contribution in [2.45, 2.75) is 26.1 Å². The van der Waals surface area contributed by atoms with Crippen LogP contribution in [0.3, 0.4) is 0 Å². The molecule has 0 bridgehead atoms. The molecular weight excluding hydrogens is 270 g/mol. The predicted molar refractivity (Wildman–Crippen MR) is 81.0 cm³/mol. The second-order valence-electron chi connectivity index (χ2n) is 4.58. The topological polar surface area (TPSA) is 55.8 Å². The van der Waals surface area contributed by atoms with E-state index < -0.39 is 18.2 Å². The summed E-state index contributed by atoms with van der Waals surface area (Å²) in [6.07, 6.45) is -0.0700. The van der Waals surface area contributed by atoms with Gasteiger partial charge < -0.3 is 14.4 Å². The van der Waals surface area contributed by atoms with E-state index in [1.54, 1.807) is 27.0 Å². The molecule has 1 aromatic carbocycles. The lowest BCUT2D eigenvalue weighted by molar-refractivity contribution is -0.163. The summed E-state index contributed by atoms with van der Waals surface area (Å²) in [5.41, 5.74) is 0.737. The summed E-state index contributed by atoms with van der Waals surface area (Å²) in [6.45, 7) is 6.87. The monoisotopic (exact) mass is 291 g/mol. The third-order valence-electron chi connectivity index (χ3n) is 2.91. The Bertz CT molecular complexity index is 486. The molecule has 0 spiro atoms. The minimum absolute atomic E-state index is 0.252. The number of para-hydroxylation sites is 1. The van der Waals surface area contributed by atoms with Gasteiger partial charge in [-0.1, -0.05) is 24.3 Å². The summed E-state index contributed by atoms with van der Waals surface area (Å²) < 4.78 is 10.3. The molecule has 1 amide bonds. The zero-order valence-corrected chi connectivity index (χ0v) is 12.6. The standard InChI is InChI=1S/C16H21NO4/c1-5-11-20-13(3)16(19)21-12(2)15(18)17(4)14-9-7-6-8-10-14/h5-10,12-13H,1,11H2,2-4H3. The molecule has 0 aromatic heterocycles. The van der Waals surface area contributed by atoms with Crippen molar-refractivity contribution in [2.24, 2.45) is 0 Å². The van der Waals surface area contributed by atoms with Crippen LogP contribution >= 0.6 is 0 Å². The number of ether oxygens (including phenoxy) is 2. The van der Waals surface area contributed by atoms with Crippen molar-refractivity contribution in [3.05, 3.63) is 43.0 Å². The number of likely N-dealkylation sites (N-methyl/N-ethyl adjacent to an activating group) is 1. The van der Waals surface area contributed by atoms with E-state index in [2.05, 4.69) is 6.58 Å². The Labute approximate surface area is 125 Å². The molecule has 2 unspecified atom stereocenters. The number of amides is 1. The van der Waals surface area contributed by atoms with Gasteiger partial charge in [-0.15, -0.1) is 6.58 Å². The second-order valence-corrected chi connectivity index (χ2v) is 4.58. The quantitative estimate of drug-likeness (QED) is 0.570. The average molecular weight is 291 g/mol. The van der Waals surface area contributed by atoms with Crippen LogP contribution in [-0.2, 0) is 19.1 Å². The molecule has 0 fully saturated rings. The highest BCUT2D eigenvalue weighted by Crippen LogP contribution is 2.13. The van der Waals surface area contributed by atoms with Crippen LogP contribution in [0.1, 0.15) is 13.8 Å². The van der Waals surface area contributed by atoms with Crippen LogP contribution in [0.25, 0.3) is 0 Å². The number of nitrogens with zero attached hydrogens (tertiary/aromatic N) is 1. The van der Waals surface area contributed by atoms with Gasteiger partial charge in [-0.2, -0.15) is 0 Å². The first kappa shape index (κ1) is 16.9. The first-order valence-electron chi connectivity index (χ1n) is 6.73. The smallest absolute Gasteiger partial charge is 0.335 e. The van der Waals surface area contributed by atoms with E-state index in [1.165, 1.54) is 4.90 Å². The molecule has 21 heavy (non-hydrogen) atoms. The van der Waals surface area contributed by atoms with Crippen LogP contribution < -0.4 is 4.90 Å². The first-order chi connectivity index (χ1) is 9.97. The van der Waals surface area contributed by atoms with Gasteiger partial charge in [0.1, 0.15) is 0 Å². The highest BCUT2D eigenvalue weighted by molar-refractivity contribution is 5.97. The van der Waals surface area contributed by atoms with E-state index in [0.29, 0.717) is 0 Å². The Morgan fingerprint density at radius 1 is 1.24 bits per heavy atom. The van der Waals surface area contributed by atoms with Crippen LogP contribution in [0.15, 0.2) is 43.0 Å². The Morgan fingerprint density at radius 2 is 1.86 bits per heavy atom. The molecule has 0 aliphatic carbocycles. The molecular formula is C16H21NO4. The minimum atomic E-state index is -0.877. The van der Waals surface area contributed by atoms with Gasteiger partial charge in [0, 0.05) is 12.7 Å². The highest BCUT2D eigenvalue weighted by Gasteiger charge is 2.25. The fourth-order valence-electron chi connectivity index (χ4n) is 1.65. The van der Waals surface area contributed by atoms with Crippen LogP contribution in [0.4, 0.5) is 5.69 Å². The van der Waals surface area contributed by atoms with Crippen molar-refractivity contribution < 1.29 is 19.1 Å². The third kappa shape index (κ3) is 5.04. The molecule has 5 heteroatoms. The summed E-state index contributed by atoms with van der Waals surface area (Å²) >= 11 is 0. The summed E-state index contributed by atoms with van der Waals surface area (Å²) in [7, 11) is 1.64. The molecule has 2 atom stereocenters. The predicted octanol–water partition coefficient (Wildman–Crippen LogP) is 2.17. The number of carbonyl (C=O) groups is 2. The minimum Gasteiger partial charge on any atom is -0.451 e. The van der Waals surface area contributed by atoms with Gasteiger partial charge in [-0.3, -0.25) is 4.79 Å². The molecule has 0 heterocycles. The van der Waals surface area contributed by atoms with Crippen molar-refractivity contribution in [1.82, 2.24) is 0 Å². The molecule has 0 saturated carbocycles. The van der Waals surface area contributed by atoms with Crippen molar-refractivity contribution in [1.29, 1.82) is 0 Å². The lowest BCUT2D eigenvalue weighted by Gasteiger charge is -2.22.